The van der Waals surface area contributed by atoms with E-state index in [1.165, 1.54) is 9.47 Å². The average molecular weight is 379 g/mol. The highest BCUT2D eigenvalue weighted by Gasteiger charge is 2.32. The number of carbonyl (C=O) groups is 2. The van der Waals surface area contributed by atoms with Crippen molar-refractivity contribution < 1.29 is 14.0 Å². The molecule has 0 saturated carbocycles. The maximum atomic E-state index is 13.0. The summed E-state index contributed by atoms with van der Waals surface area (Å²) in [7, 11) is 0. The first-order valence-corrected chi connectivity index (χ1v) is 9.21. The minimum Gasteiger partial charge on any atom is -0.408 e. The standard InChI is InChI=1S/C21H21N3O4/c1-14-7-9-16(10-8-14)23-12-11-22(13-19(23)25)20(26)15(2)24-17-5-3-4-6-18(17)28-21(24)27/h3-10,15H,11-13H2,1-2H3/t15-/m1/s1. The number of piperazine rings is 1. The third kappa shape index (κ3) is 3.09. The van der Waals surface area contributed by atoms with E-state index >= 15 is 0 Å². The van der Waals surface area contributed by atoms with Crippen LogP contribution in [0, 0.1) is 6.92 Å². The molecular weight excluding hydrogens is 358 g/mol. The topological polar surface area (TPSA) is 75.8 Å². The molecule has 1 saturated heterocycles. The van der Waals surface area contributed by atoms with Gasteiger partial charge in [-0.3, -0.25) is 14.2 Å². The molecule has 7 heteroatoms. The van der Waals surface area contributed by atoms with Crippen LogP contribution < -0.4 is 10.7 Å². The van der Waals surface area contributed by atoms with Crippen molar-refractivity contribution in [1.29, 1.82) is 0 Å². The molecular formula is C21H21N3O4. The van der Waals surface area contributed by atoms with Crippen LogP contribution in [0.25, 0.3) is 11.1 Å². The maximum Gasteiger partial charge on any atom is 0.420 e. The smallest absolute Gasteiger partial charge is 0.408 e. The maximum absolute atomic E-state index is 13.0. The quantitative estimate of drug-likeness (QED) is 0.700. The van der Waals surface area contributed by atoms with Crippen LogP contribution >= 0.6 is 0 Å². The molecule has 0 aliphatic carbocycles. The Hall–Kier alpha value is -3.35. The van der Waals surface area contributed by atoms with Crippen molar-refractivity contribution in [2.24, 2.45) is 0 Å². The Kier molecular flexibility index (Phi) is 4.50. The van der Waals surface area contributed by atoms with E-state index in [9.17, 15) is 14.4 Å². The van der Waals surface area contributed by atoms with Crippen LogP contribution in [0.15, 0.2) is 57.7 Å². The lowest BCUT2D eigenvalue weighted by atomic mass is 10.1. The Labute approximate surface area is 161 Å². The molecule has 1 fully saturated rings. The zero-order valence-corrected chi connectivity index (χ0v) is 15.8. The van der Waals surface area contributed by atoms with Gasteiger partial charge in [-0.15, -0.1) is 0 Å². The summed E-state index contributed by atoms with van der Waals surface area (Å²) in [4.78, 5) is 41.0. The van der Waals surface area contributed by atoms with Gasteiger partial charge in [0.15, 0.2) is 5.58 Å². The first-order chi connectivity index (χ1) is 13.5. The molecule has 1 aromatic heterocycles. The van der Waals surface area contributed by atoms with E-state index < -0.39 is 11.8 Å². The van der Waals surface area contributed by atoms with Gasteiger partial charge in [0.05, 0.1) is 5.52 Å². The number of hydrogen-bond donors (Lipinski definition) is 0. The fraction of sp³-hybridized carbons (Fsp3) is 0.286. The molecule has 7 nitrogen and oxygen atoms in total. The number of hydrogen-bond acceptors (Lipinski definition) is 4. The van der Waals surface area contributed by atoms with Gasteiger partial charge in [0.1, 0.15) is 12.6 Å². The second-order valence-electron chi connectivity index (χ2n) is 7.02. The van der Waals surface area contributed by atoms with Crippen LogP contribution in [-0.4, -0.2) is 40.9 Å². The van der Waals surface area contributed by atoms with Gasteiger partial charge in [-0.05, 0) is 38.1 Å². The van der Waals surface area contributed by atoms with Gasteiger partial charge in [-0.2, -0.15) is 0 Å². The number of carbonyl (C=O) groups excluding carboxylic acids is 2. The van der Waals surface area contributed by atoms with Gasteiger partial charge in [-0.1, -0.05) is 29.8 Å². The number of nitrogens with zero attached hydrogens (tertiary/aromatic N) is 3. The first-order valence-electron chi connectivity index (χ1n) is 9.21. The molecule has 28 heavy (non-hydrogen) atoms. The molecule has 0 radical (unpaired) electrons. The summed E-state index contributed by atoms with van der Waals surface area (Å²) in [6, 6.07) is 14.0. The lowest BCUT2D eigenvalue weighted by molar-refractivity contribution is -0.139. The predicted octanol–water partition coefficient (Wildman–Crippen LogP) is 2.34. The number of anilines is 1. The summed E-state index contributed by atoms with van der Waals surface area (Å²) >= 11 is 0. The van der Waals surface area contributed by atoms with Crippen LogP contribution in [0.2, 0.25) is 0 Å². The third-order valence-electron chi connectivity index (χ3n) is 5.14. The van der Waals surface area contributed by atoms with Gasteiger partial charge in [0, 0.05) is 18.8 Å². The van der Waals surface area contributed by atoms with E-state index in [-0.39, 0.29) is 18.4 Å². The summed E-state index contributed by atoms with van der Waals surface area (Å²) < 4.78 is 6.57. The van der Waals surface area contributed by atoms with Crippen LogP contribution in [-0.2, 0) is 9.59 Å². The second-order valence-corrected chi connectivity index (χ2v) is 7.02. The summed E-state index contributed by atoms with van der Waals surface area (Å²) in [6.07, 6.45) is 0. The highest BCUT2D eigenvalue weighted by Crippen LogP contribution is 2.21. The van der Waals surface area contributed by atoms with E-state index in [1.807, 2.05) is 31.2 Å². The van der Waals surface area contributed by atoms with Crippen LogP contribution in [0.1, 0.15) is 18.5 Å². The Morgan fingerprint density at radius 3 is 2.46 bits per heavy atom. The van der Waals surface area contributed by atoms with Crippen LogP contribution in [0.3, 0.4) is 0 Å². The van der Waals surface area contributed by atoms with E-state index in [1.54, 1.807) is 36.1 Å². The SMILES string of the molecule is Cc1ccc(N2CCN(C(=O)[C@@H](C)n3c(=O)oc4ccccc43)CC2=O)cc1. The van der Waals surface area contributed by atoms with Crippen LogP contribution in [0.5, 0.6) is 0 Å². The van der Waals surface area contributed by atoms with Gasteiger partial charge < -0.3 is 14.2 Å². The van der Waals surface area contributed by atoms with E-state index in [2.05, 4.69) is 0 Å². The van der Waals surface area contributed by atoms with Gasteiger partial charge >= 0.3 is 5.76 Å². The molecule has 1 aliphatic heterocycles. The molecule has 2 amide bonds. The average Bonchev–Trinajstić information content (AvgIpc) is 3.03. The van der Waals surface area contributed by atoms with Crippen molar-refractivity contribution in [3.63, 3.8) is 0 Å². The number of aromatic nitrogens is 1. The molecule has 0 N–H and O–H groups in total. The van der Waals surface area contributed by atoms with E-state index in [4.69, 9.17) is 4.42 Å². The molecule has 4 rings (SSSR count). The zero-order chi connectivity index (χ0) is 19.8. The Morgan fingerprint density at radius 1 is 1.04 bits per heavy atom. The van der Waals surface area contributed by atoms with Gasteiger partial charge in [0.25, 0.3) is 0 Å². The normalized spacial score (nSPS) is 15.9. The Morgan fingerprint density at radius 2 is 1.75 bits per heavy atom. The van der Waals surface area contributed by atoms with Crippen molar-refractivity contribution in [2.45, 2.75) is 19.9 Å². The third-order valence-corrected chi connectivity index (χ3v) is 5.14. The second kappa shape index (κ2) is 6.99. The van der Waals surface area contributed by atoms with Crippen molar-refractivity contribution in [2.75, 3.05) is 24.5 Å². The van der Waals surface area contributed by atoms with Gasteiger partial charge in [-0.25, -0.2) is 4.79 Å². The Balaban J connectivity index is 1.53. The summed E-state index contributed by atoms with van der Waals surface area (Å²) in [6.45, 7) is 4.46. The molecule has 3 aromatic rings. The Bertz CT molecular complexity index is 1100. The monoisotopic (exact) mass is 379 g/mol. The molecule has 0 spiro atoms. The van der Waals surface area contributed by atoms with E-state index in [0.29, 0.717) is 24.2 Å². The van der Waals surface area contributed by atoms with Crippen molar-refractivity contribution in [3.05, 3.63) is 64.6 Å². The molecule has 1 aliphatic rings. The van der Waals surface area contributed by atoms with Crippen molar-refractivity contribution in [1.82, 2.24) is 9.47 Å². The lowest BCUT2D eigenvalue weighted by Gasteiger charge is -2.35. The number of aryl methyl sites for hydroxylation is 1. The van der Waals surface area contributed by atoms with E-state index in [0.717, 1.165) is 11.3 Å². The first kappa shape index (κ1) is 18.0. The highest BCUT2D eigenvalue weighted by molar-refractivity contribution is 5.98. The minimum atomic E-state index is -0.755. The highest BCUT2D eigenvalue weighted by atomic mass is 16.4. The number of fused-ring (bicyclic) bond motifs is 1. The molecule has 1 atom stereocenters. The zero-order valence-electron chi connectivity index (χ0n) is 15.8. The van der Waals surface area contributed by atoms with Gasteiger partial charge in [0.2, 0.25) is 11.8 Å². The predicted molar refractivity (Wildman–Crippen MR) is 105 cm³/mol. The lowest BCUT2D eigenvalue weighted by Crippen LogP contribution is -2.54. The molecule has 0 bridgehead atoms. The number of oxazole rings is 1. The summed E-state index contributed by atoms with van der Waals surface area (Å²) in [5.41, 5.74) is 2.95. The van der Waals surface area contributed by atoms with Crippen molar-refractivity contribution in [3.8, 4) is 0 Å². The van der Waals surface area contributed by atoms with Crippen molar-refractivity contribution >= 4 is 28.6 Å². The number of amides is 2. The molecule has 2 aromatic carbocycles. The summed E-state index contributed by atoms with van der Waals surface area (Å²) in [5, 5.41) is 0. The fourth-order valence-electron chi connectivity index (χ4n) is 3.58. The number of benzene rings is 2. The molecule has 144 valence electrons. The largest absolute Gasteiger partial charge is 0.420 e. The molecule has 2 heterocycles. The number of para-hydroxylation sites is 2. The van der Waals surface area contributed by atoms with Crippen LogP contribution in [0.4, 0.5) is 5.69 Å². The fourth-order valence-corrected chi connectivity index (χ4v) is 3.58. The number of rotatable bonds is 3. The minimum absolute atomic E-state index is 0.0123. The molecule has 0 unspecified atom stereocenters. The summed E-state index contributed by atoms with van der Waals surface area (Å²) in [5.74, 6) is -0.989.